The highest BCUT2D eigenvalue weighted by Gasteiger charge is 2.40. The highest BCUT2D eigenvalue weighted by Crippen LogP contribution is 2.44. The van der Waals surface area contributed by atoms with Gasteiger partial charge in [-0.2, -0.15) is 0 Å². The quantitative estimate of drug-likeness (QED) is 0.610. The second-order valence-electron chi connectivity index (χ2n) is 10.1. The molecule has 7 nitrogen and oxygen atoms in total. The summed E-state index contributed by atoms with van der Waals surface area (Å²) in [6.07, 6.45) is 0.446. The standard InChI is InChI=1S/C28H34N2O5/c1-4-28(3,26(33)30-14-13-19(25(31)32)18(2)15-30)17-29-27(34)35-16-24-22-11-7-5-9-20(22)21-10-6-8-12-23(21)24/h5-12,18-19,24H,4,13-17H2,1-3H3,(H,29,34)(H,31,32). The zero-order valence-electron chi connectivity index (χ0n) is 20.6. The number of aliphatic carboxylic acids is 1. The van der Waals surface area contributed by atoms with Crippen LogP contribution in [0.5, 0.6) is 0 Å². The van der Waals surface area contributed by atoms with E-state index in [9.17, 15) is 19.5 Å². The Morgan fingerprint density at radius 1 is 1.09 bits per heavy atom. The van der Waals surface area contributed by atoms with Crippen LogP contribution in [0.15, 0.2) is 48.5 Å². The van der Waals surface area contributed by atoms with Crippen LogP contribution in [0.3, 0.4) is 0 Å². The van der Waals surface area contributed by atoms with Crippen LogP contribution >= 0.6 is 0 Å². The summed E-state index contributed by atoms with van der Waals surface area (Å²) >= 11 is 0. The number of carboxylic acids is 1. The molecule has 1 aliphatic heterocycles. The van der Waals surface area contributed by atoms with Gasteiger partial charge < -0.3 is 20.1 Å². The highest BCUT2D eigenvalue weighted by atomic mass is 16.5. The van der Waals surface area contributed by atoms with E-state index >= 15 is 0 Å². The molecule has 4 rings (SSSR count). The number of carbonyl (C=O) groups excluding carboxylic acids is 2. The number of fused-ring (bicyclic) bond motifs is 3. The minimum atomic E-state index is -0.806. The van der Waals surface area contributed by atoms with Crippen LogP contribution in [0.2, 0.25) is 0 Å². The average Bonchev–Trinajstić information content (AvgIpc) is 3.19. The first-order valence-electron chi connectivity index (χ1n) is 12.4. The fourth-order valence-corrected chi connectivity index (χ4v) is 5.35. The number of nitrogens with zero attached hydrogens (tertiary/aromatic N) is 1. The molecular formula is C28H34N2O5. The van der Waals surface area contributed by atoms with Crippen molar-refractivity contribution in [3.8, 4) is 11.1 Å². The molecule has 186 valence electrons. The molecule has 7 heteroatoms. The van der Waals surface area contributed by atoms with Crippen molar-refractivity contribution in [3.05, 3.63) is 59.7 Å². The van der Waals surface area contributed by atoms with Crippen molar-refractivity contribution in [2.75, 3.05) is 26.2 Å². The monoisotopic (exact) mass is 478 g/mol. The van der Waals surface area contributed by atoms with Crippen molar-refractivity contribution in [2.45, 2.75) is 39.5 Å². The molecule has 1 fully saturated rings. The predicted octanol–water partition coefficient (Wildman–Crippen LogP) is 4.51. The smallest absolute Gasteiger partial charge is 0.407 e. The summed E-state index contributed by atoms with van der Waals surface area (Å²) in [5, 5.41) is 12.2. The van der Waals surface area contributed by atoms with Gasteiger partial charge in [-0.15, -0.1) is 0 Å². The lowest BCUT2D eigenvalue weighted by Crippen LogP contribution is -2.53. The number of hydrogen-bond acceptors (Lipinski definition) is 4. The van der Waals surface area contributed by atoms with Gasteiger partial charge in [0.25, 0.3) is 0 Å². The number of benzene rings is 2. The van der Waals surface area contributed by atoms with E-state index in [1.54, 1.807) is 4.90 Å². The van der Waals surface area contributed by atoms with Crippen molar-refractivity contribution in [1.82, 2.24) is 10.2 Å². The van der Waals surface area contributed by atoms with Gasteiger partial charge in [-0.3, -0.25) is 9.59 Å². The molecule has 3 unspecified atom stereocenters. The van der Waals surface area contributed by atoms with Gasteiger partial charge in [-0.05, 0) is 47.9 Å². The fourth-order valence-electron chi connectivity index (χ4n) is 5.35. The number of alkyl carbamates (subject to hydrolysis) is 1. The summed E-state index contributed by atoms with van der Waals surface area (Å²) in [5.74, 6) is -1.42. The molecule has 35 heavy (non-hydrogen) atoms. The maximum absolute atomic E-state index is 13.3. The number of likely N-dealkylation sites (tertiary alicyclic amines) is 1. The Morgan fingerprint density at radius 2 is 1.69 bits per heavy atom. The lowest BCUT2D eigenvalue weighted by Gasteiger charge is -2.40. The van der Waals surface area contributed by atoms with Crippen molar-refractivity contribution in [3.63, 3.8) is 0 Å². The van der Waals surface area contributed by atoms with Gasteiger partial charge in [0, 0.05) is 25.6 Å². The van der Waals surface area contributed by atoms with E-state index in [1.807, 2.05) is 45.0 Å². The third kappa shape index (κ3) is 4.90. The van der Waals surface area contributed by atoms with E-state index < -0.39 is 23.4 Å². The van der Waals surface area contributed by atoms with Crippen LogP contribution < -0.4 is 5.32 Å². The minimum Gasteiger partial charge on any atom is -0.481 e. The summed E-state index contributed by atoms with van der Waals surface area (Å²) in [6, 6.07) is 16.3. The van der Waals surface area contributed by atoms with E-state index in [-0.39, 0.29) is 30.9 Å². The number of carbonyl (C=O) groups is 3. The Labute approximate surface area is 206 Å². The van der Waals surface area contributed by atoms with Crippen molar-refractivity contribution >= 4 is 18.0 Å². The number of carboxylic acid groups (broad SMARTS) is 1. The summed E-state index contributed by atoms with van der Waals surface area (Å²) in [4.78, 5) is 39.1. The highest BCUT2D eigenvalue weighted by molar-refractivity contribution is 5.84. The summed E-state index contributed by atoms with van der Waals surface area (Å²) in [5.41, 5.74) is 3.84. The first kappa shape index (κ1) is 24.8. The van der Waals surface area contributed by atoms with E-state index in [0.717, 1.165) is 11.1 Å². The van der Waals surface area contributed by atoms with E-state index in [1.165, 1.54) is 11.1 Å². The molecule has 2 N–H and O–H groups in total. The molecule has 2 amide bonds. The van der Waals surface area contributed by atoms with E-state index in [4.69, 9.17) is 4.74 Å². The SMILES string of the molecule is CCC(C)(CNC(=O)OCC1c2ccccc2-c2ccccc21)C(=O)N1CCC(C(=O)O)C(C)C1. The third-order valence-electron chi connectivity index (χ3n) is 7.77. The molecule has 0 bridgehead atoms. The number of nitrogens with one attached hydrogen (secondary N) is 1. The average molecular weight is 479 g/mol. The van der Waals surface area contributed by atoms with Crippen LogP contribution in [-0.4, -0.2) is 54.2 Å². The van der Waals surface area contributed by atoms with Gasteiger partial charge >= 0.3 is 12.1 Å². The third-order valence-corrected chi connectivity index (χ3v) is 7.77. The zero-order chi connectivity index (χ0) is 25.2. The van der Waals surface area contributed by atoms with Gasteiger partial charge in [0.1, 0.15) is 6.61 Å². The van der Waals surface area contributed by atoms with Gasteiger partial charge in [-0.25, -0.2) is 4.79 Å². The van der Waals surface area contributed by atoms with Crippen LogP contribution in [0.1, 0.15) is 50.7 Å². The molecule has 1 heterocycles. The van der Waals surface area contributed by atoms with Crippen LogP contribution in [0.25, 0.3) is 11.1 Å². The normalized spacial score (nSPS) is 20.9. The summed E-state index contributed by atoms with van der Waals surface area (Å²) in [6.45, 7) is 6.84. The van der Waals surface area contributed by atoms with E-state index in [2.05, 4.69) is 29.6 Å². The topological polar surface area (TPSA) is 95.9 Å². The molecule has 0 saturated carbocycles. The fraction of sp³-hybridized carbons (Fsp3) is 0.464. The molecule has 1 aliphatic carbocycles. The second kappa shape index (κ2) is 10.1. The van der Waals surface area contributed by atoms with Crippen LogP contribution in [0.4, 0.5) is 4.79 Å². The predicted molar refractivity (Wildman–Crippen MR) is 133 cm³/mol. The van der Waals surface area contributed by atoms with Gasteiger partial charge in [0.05, 0.1) is 11.3 Å². The van der Waals surface area contributed by atoms with Gasteiger partial charge in [0.15, 0.2) is 0 Å². The molecule has 2 aliphatic rings. The Morgan fingerprint density at radius 3 is 2.23 bits per heavy atom. The summed E-state index contributed by atoms with van der Waals surface area (Å²) in [7, 11) is 0. The molecule has 0 radical (unpaired) electrons. The lowest BCUT2D eigenvalue weighted by molar-refractivity contribution is -0.151. The lowest BCUT2D eigenvalue weighted by atomic mass is 9.82. The molecule has 3 atom stereocenters. The first-order valence-corrected chi connectivity index (χ1v) is 12.4. The Hall–Kier alpha value is -3.35. The number of ether oxygens (including phenoxy) is 1. The van der Waals surface area contributed by atoms with E-state index in [0.29, 0.717) is 25.9 Å². The molecule has 0 spiro atoms. The molecule has 2 aromatic rings. The number of hydrogen-bond donors (Lipinski definition) is 2. The molecule has 0 aromatic heterocycles. The maximum Gasteiger partial charge on any atom is 0.407 e. The second-order valence-corrected chi connectivity index (χ2v) is 10.1. The first-order chi connectivity index (χ1) is 16.7. The number of piperidine rings is 1. The van der Waals surface area contributed by atoms with Crippen LogP contribution in [0, 0.1) is 17.3 Å². The molecular weight excluding hydrogens is 444 g/mol. The Balaban J connectivity index is 1.35. The maximum atomic E-state index is 13.3. The van der Waals surface area contributed by atoms with Gasteiger partial charge in [0.2, 0.25) is 5.91 Å². The number of amides is 2. The largest absolute Gasteiger partial charge is 0.481 e. The Kier molecular flexibility index (Phi) is 7.15. The molecule has 1 saturated heterocycles. The minimum absolute atomic E-state index is 0.0237. The van der Waals surface area contributed by atoms with Crippen LogP contribution in [-0.2, 0) is 14.3 Å². The zero-order valence-corrected chi connectivity index (χ0v) is 20.6. The van der Waals surface area contributed by atoms with Gasteiger partial charge in [-0.1, -0.05) is 62.4 Å². The van der Waals surface area contributed by atoms with Crippen molar-refractivity contribution in [2.24, 2.45) is 17.3 Å². The van der Waals surface area contributed by atoms with Crippen molar-refractivity contribution in [1.29, 1.82) is 0 Å². The number of rotatable bonds is 7. The summed E-state index contributed by atoms with van der Waals surface area (Å²) < 4.78 is 5.62. The Bertz CT molecular complexity index is 1070. The molecule has 2 aromatic carbocycles. The van der Waals surface area contributed by atoms with Crippen molar-refractivity contribution < 1.29 is 24.2 Å².